The minimum absolute atomic E-state index is 0.418. The van der Waals surface area contributed by atoms with Crippen LogP contribution in [-0.2, 0) is 9.47 Å². The lowest BCUT2D eigenvalue weighted by molar-refractivity contribution is -0.181. The predicted molar refractivity (Wildman–Crippen MR) is 32.5 cm³/mol. The molecule has 54 valence electrons. The zero-order chi connectivity index (χ0) is 6.53. The summed E-state index contributed by atoms with van der Waals surface area (Å²) in [5, 5.41) is 0. The zero-order valence-electron chi connectivity index (χ0n) is 5.38. The molecule has 1 saturated heterocycles. The van der Waals surface area contributed by atoms with Gasteiger partial charge in [-0.3, -0.25) is 4.90 Å². The molecule has 2 N–H and O–H groups in total. The lowest BCUT2D eigenvalue weighted by Gasteiger charge is -2.25. The van der Waals surface area contributed by atoms with Gasteiger partial charge >= 0.3 is 0 Å². The van der Waals surface area contributed by atoms with Crippen LogP contribution in [-0.4, -0.2) is 38.2 Å². The second kappa shape index (κ2) is 3.79. The van der Waals surface area contributed by atoms with Crippen LogP contribution >= 0.6 is 0 Å². The fraction of sp³-hybridized carbons (Fsp3) is 1.00. The van der Waals surface area contributed by atoms with Crippen LogP contribution in [0.5, 0.6) is 0 Å². The molecule has 4 nitrogen and oxygen atoms in total. The number of ether oxygens (including phenoxy) is 2. The Bertz CT molecular complexity index is 70.6. The van der Waals surface area contributed by atoms with E-state index in [0.29, 0.717) is 26.8 Å². The highest BCUT2D eigenvalue weighted by Gasteiger charge is 2.07. The molecular weight excluding hydrogens is 120 g/mol. The quantitative estimate of drug-likeness (QED) is 0.532. The maximum atomic E-state index is 5.31. The first kappa shape index (κ1) is 6.95. The molecule has 0 spiro atoms. The number of hydrogen-bond acceptors (Lipinski definition) is 4. The van der Waals surface area contributed by atoms with Crippen LogP contribution in [0, 0.1) is 0 Å². The van der Waals surface area contributed by atoms with Gasteiger partial charge in [-0.05, 0) is 0 Å². The zero-order valence-corrected chi connectivity index (χ0v) is 5.38. The van der Waals surface area contributed by atoms with Crippen LogP contribution in [0.2, 0.25) is 0 Å². The van der Waals surface area contributed by atoms with E-state index in [1.54, 1.807) is 0 Å². The second-order valence-electron chi connectivity index (χ2n) is 1.97. The molecule has 0 saturated carbocycles. The number of rotatable bonds is 2. The second-order valence-corrected chi connectivity index (χ2v) is 1.97. The first-order valence-electron chi connectivity index (χ1n) is 3.01. The third-order valence-corrected chi connectivity index (χ3v) is 1.16. The van der Waals surface area contributed by atoms with Crippen LogP contribution in [0.25, 0.3) is 0 Å². The van der Waals surface area contributed by atoms with Crippen LogP contribution < -0.4 is 5.73 Å². The molecule has 0 aromatic rings. The summed E-state index contributed by atoms with van der Waals surface area (Å²) in [6.45, 7) is 3.22. The Hall–Kier alpha value is -0.160. The van der Waals surface area contributed by atoms with Crippen molar-refractivity contribution in [1.29, 1.82) is 0 Å². The molecule has 9 heavy (non-hydrogen) atoms. The molecule has 0 aliphatic carbocycles. The lowest BCUT2D eigenvalue weighted by Crippen LogP contribution is -2.37. The maximum absolute atomic E-state index is 5.31. The molecule has 4 heteroatoms. The first-order valence-corrected chi connectivity index (χ1v) is 3.01. The third kappa shape index (κ3) is 2.28. The van der Waals surface area contributed by atoms with Gasteiger partial charge in [-0.25, -0.2) is 0 Å². The van der Waals surface area contributed by atoms with E-state index in [0.717, 1.165) is 6.54 Å². The minimum Gasteiger partial charge on any atom is -0.340 e. The van der Waals surface area contributed by atoms with Gasteiger partial charge in [0.1, 0.15) is 20.3 Å². The van der Waals surface area contributed by atoms with Crippen molar-refractivity contribution in [1.82, 2.24) is 4.90 Å². The Morgan fingerprint density at radius 3 is 2.56 bits per heavy atom. The smallest absolute Gasteiger partial charge is 0.150 e. The summed E-state index contributed by atoms with van der Waals surface area (Å²) < 4.78 is 9.97. The Morgan fingerprint density at radius 2 is 2.00 bits per heavy atom. The summed E-state index contributed by atoms with van der Waals surface area (Å²) in [6.07, 6.45) is 0. The van der Waals surface area contributed by atoms with Crippen molar-refractivity contribution in [3.63, 3.8) is 0 Å². The van der Waals surface area contributed by atoms with Crippen LogP contribution in [0.3, 0.4) is 0 Å². The van der Waals surface area contributed by atoms with Crippen molar-refractivity contribution >= 4 is 0 Å². The molecule has 0 unspecified atom stereocenters. The molecule has 0 aromatic carbocycles. The highest BCUT2D eigenvalue weighted by atomic mass is 16.7. The molecule has 0 bridgehead atoms. The molecule has 1 fully saturated rings. The first-order chi connectivity index (χ1) is 4.43. The van der Waals surface area contributed by atoms with Crippen molar-refractivity contribution < 1.29 is 9.47 Å². The van der Waals surface area contributed by atoms with Gasteiger partial charge in [-0.2, -0.15) is 0 Å². The molecule has 1 aliphatic heterocycles. The van der Waals surface area contributed by atoms with E-state index in [1.807, 2.05) is 4.90 Å². The van der Waals surface area contributed by atoms with E-state index in [4.69, 9.17) is 15.2 Å². The topological polar surface area (TPSA) is 47.7 Å². The summed E-state index contributed by atoms with van der Waals surface area (Å²) in [5.41, 5.74) is 5.31. The molecule has 1 heterocycles. The number of nitrogens with zero attached hydrogens (tertiary/aromatic N) is 1. The molecule has 0 radical (unpaired) electrons. The maximum Gasteiger partial charge on any atom is 0.150 e. The number of hydrogen-bond donors (Lipinski definition) is 1. The Morgan fingerprint density at radius 1 is 1.33 bits per heavy atom. The van der Waals surface area contributed by atoms with Gasteiger partial charge < -0.3 is 15.2 Å². The van der Waals surface area contributed by atoms with E-state index < -0.39 is 0 Å². The monoisotopic (exact) mass is 132 g/mol. The Kier molecular flexibility index (Phi) is 2.93. The highest BCUT2D eigenvalue weighted by molar-refractivity contribution is 4.48. The van der Waals surface area contributed by atoms with Crippen molar-refractivity contribution in [3.8, 4) is 0 Å². The molecule has 0 amide bonds. The minimum atomic E-state index is 0.418. The van der Waals surface area contributed by atoms with E-state index in [1.165, 1.54) is 0 Å². The predicted octanol–water partition coefficient (Wildman–Crippen LogP) is -0.834. The largest absolute Gasteiger partial charge is 0.340 e. The van der Waals surface area contributed by atoms with Gasteiger partial charge in [0, 0.05) is 13.1 Å². The van der Waals surface area contributed by atoms with E-state index in [2.05, 4.69) is 0 Å². The van der Waals surface area contributed by atoms with E-state index >= 15 is 0 Å². The third-order valence-electron chi connectivity index (χ3n) is 1.16. The SMILES string of the molecule is NCCN1COCOC1. The van der Waals surface area contributed by atoms with Crippen molar-refractivity contribution in [2.45, 2.75) is 0 Å². The fourth-order valence-electron chi connectivity index (χ4n) is 0.741. The molecule has 0 aromatic heterocycles. The van der Waals surface area contributed by atoms with Crippen LogP contribution in [0.1, 0.15) is 0 Å². The summed E-state index contributed by atoms with van der Waals surface area (Å²) in [7, 11) is 0. The standard InChI is InChI=1S/C5H12N2O2/c6-1-2-7-3-8-5-9-4-7/h1-6H2. The highest BCUT2D eigenvalue weighted by Crippen LogP contribution is 1.95. The van der Waals surface area contributed by atoms with Gasteiger partial charge in [0.15, 0.2) is 0 Å². The van der Waals surface area contributed by atoms with Crippen molar-refractivity contribution in [2.75, 3.05) is 33.3 Å². The Labute approximate surface area is 54.5 Å². The normalized spacial score (nSPS) is 22.3. The summed E-state index contributed by atoms with van der Waals surface area (Å²) in [4.78, 5) is 2.00. The van der Waals surface area contributed by atoms with Gasteiger partial charge in [-0.15, -0.1) is 0 Å². The fourth-order valence-corrected chi connectivity index (χ4v) is 0.741. The summed E-state index contributed by atoms with van der Waals surface area (Å²) >= 11 is 0. The van der Waals surface area contributed by atoms with Crippen molar-refractivity contribution in [3.05, 3.63) is 0 Å². The van der Waals surface area contributed by atoms with E-state index in [-0.39, 0.29) is 0 Å². The van der Waals surface area contributed by atoms with Crippen LogP contribution in [0.4, 0.5) is 0 Å². The Balaban J connectivity index is 2.08. The average molecular weight is 132 g/mol. The molecule has 0 atom stereocenters. The number of nitrogens with two attached hydrogens (primary N) is 1. The van der Waals surface area contributed by atoms with Gasteiger partial charge in [-0.1, -0.05) is 0 Å². The lowest BCUT2D eigenvalue weighted by atomic mass is 10.6. The van der Waals surface area contributed by atoms with Gasteiger partial charge in [0.25, 0.3) is 0 Å². The van der Waals surface area contributed by atoms with Crippen molar-refractivity contribution in [2.24, 2.45) is 5.73 Å². The molecular formula is C5H12N2O2. The van der Waals surface area contributed by atoms with Crippen LogP contribution in [0.15, 0.2) is 0 Å². The molecule has 1 rings (SSSR count). The van der Waals surface area contributed by atoms with Gasteiger partial charge in [0.05, 0.1) is 0 Å². The molecule has 1 aliphatic rings. The van der Waals surface area contributed by atoms with Gasteiger partial charge in [0.2, 0.25) is 0 Å². The van der Waals surface area contributed by atoms with E-state index in [9.17, 15) is 0 Å². The summed E-state index contributed by atoms with van der Waals surface area (Å²) in [6, 6.07) is 0. The average Bonchev–Trinajstić information content (AvgIpc) is 1.91. The summed E-state index contributed by atoms with van der Waals surface area (Å²) in [5.74, 6) is 0.